The van der Waals surface area contributed by atoms with Crippen LogP contribution in [0.3, 0.4) is 0 Å². The van der Waals surface area contributed by atoms with Gasteiger partial charge in [0.1, 0.15) is 29.6 Å². The van der Waals surface area contributed by atoms with Crippen molar-refractivity contribution < 1.29 is 19.0 Å². The minimum atomic E-state index is -0.608. The molecular formula is C25H28N6O4. The molecule has 35 heavy (non-hydrogen) atoms. The second-order valence-corrected chi connectivity index (χ2v) is 8.39. The molecule has 0 bridgehead atoms. The van der Waals surface area contributed by atoms with E-state index in [4.69, 9.17) is 14.2 Å². The molecule has 1 heterocycles. The third kappa shape index (κ3) is 8.17. The number of anilines is 5. The van der Waals surface area contributed by atoms with Crippen LogP contribution in [0.15, 0.2) is 54.7 Å². The maximum atomic E-state index is 12.1. The third-order valence-electron chi connectivity index (χ3n) is 4.35. The zero-order valence-corrected chi connectivity index (χ0v) is 20.1. The standard InChI is InChI=1S/C25H28N6O4/c1-25(2,3)35-24(32)30-20-7-5-6-19(14-20)28-22-17(15-26)16-27-23(31-22)29-18-8-10-21(11-9-18)34-13-12-33-4/h5-11,14,16H,12-13H2,1-4H3,(H,30,32)(H2,27,28,29,31). The number of hydrogen-bond acceptors (Lipinski definition) is 9. The van der Waals surface area contributed by atoms with Gasteiger partial charge in [-0.15, -0.1) is 0 Å². The van der Waals surface area contributed by atoms with Crippen LogP contribution in [0, 0.1) is 11.3 Å². The van der Waals surface area contributed by atoms with Crippen molar-refractivity contribution in [1.29, 1.82) is 5.26 Å². The number of hydrogen-bond donors (Lipinski definition) is 3. The smallest absolute Gasteiger partial charge is 0.412 e. The van der Waals surface area contributed by atoms with E-state index in [9.17, 15) is 10.1 Å². The van der Waals surface area contributed by atoms with Crippen LogP contribution < -0.4 is 20.7 Å². The highest BCUT2D eigenvalue weighted by Crippen LogP contribution is 2.24. The number of aromatic nitrogens is 2. The number of benzene rings is 2. The summed E-state index contributed by atoms with van der Waals surface area (Å²) in [5.41, 5.74) is 1.56. The first-order chi connectivity index (χ1) is 16.8. The summed E-state index contributed by atoms with van der Waals surface area (Å²) in [6, 6.07) is 16.4. The van der Waals surface area contributed by atoms with Gasteiger partial charge in [0.15, 0.2) is 5.82 Å². The molecule has 0 saturated heterocycles. The van der Waals surface area contributed by atoms with Crippen LogP contribution in [0.5, 0.6) is 5.75 Å². The van der Waals surface area contributed by atoms with Crippen molar-refractivity contribution in [2.45, 2.75) is 26.4 Å². The highest BCUT2D eigenvalue weighted by molar-refractivity contribution is 5.86. The summed E-state index contributed by atoms with van der Waals surface area (Å²) < 4.78 is 15.8. The Bertz CT molecular complexity index is 1190. The summed E-state index contributed by atoms with van der Waals surface area (Å²) in [4.78, 5) is 20.7. The van der Waals surface area contributed by atoms with Crippen molar-refractivity contribution in [2.24, 2.45) is 0 Å². The molecule has 10 nitrogen and oxygen atoms in total. The van der Waals surface area contributed by atoms with Crippen molar-refractivity contribution in [2.75, 3.05) is 36.3 Å². The number of nitrogens with one attached hydrogen (secondary N) is 3. The van der Waals surface area contributed by atoms with E-state index in [0.717, 1.165) is 11.4 Å². The lowest BCUT2D eigenvalue weighted by atomic mass is 10.2. The minimum absolute atomic E-state index is 0.267. The topological polar surface area (TPSA) is 130 Å². The Morgan fingerprint density at radius 1 is 1.03 bits per heavy atom. The van der Waals surface area contributed by atoms with Crippen molar-refractivity contribution in [3.63, 3.8) is 0 Å². The van der Waals surface area contributed by atoms with Crippen LogP contribution in [0.1, 0.15) is 26.3 Å². The number of amides is 1. The Kier molecular flexibility index (Phi) is 8.43. The molecule has 0 spiro atoms. The maximum Gasteiger partial charge on any atom is 0.412 e. The van der Waals surface area contributed by atoms with Crippen molar-refractivity contribution in [1.82, 2.24) is 9.97 Å². The lowest BCUT2D eigenvalue weighted by Crippen LogP contribution is -2.27. The highest BCUT2D eigenvalue weighted by atomic mass is 16.6. The van der Waals surface area contributed by atoms with Gasteiger partial charge in [-0.1, -0.05) is 6.07 Å². The lowest BCUT2D eigenvalue weighted by molar-refractivity contribution is 0.0636. The van der Waals surface area contributed by atoms with Gasteiger partial charge < -0.3 is 24.8 Å². The molecule has 0 fully saturated rings. The molecule has 0 aliphatic heterocycles. The minimum Gasteiger partial charge on any atom is -0.491 e. The molecule has 3 rings (SSSR count). The molecule has 3 N–H and O–H groups in total. The van der Waals surface area contributed by atoms with E-state index in [1.54, 1.807) is 52.1 Å². The van der Waals surface area contributed by atoms with E-state index in [1.165, 1.54) is 6.20 Å². The average molecular weight is 477 g/mol. The Hall–Kier alpha value is -4.36. The zero-order valence-electron chi connectivity index (χ0n) is 20.1. The number of nitriles is 1. The molecule has 10 heteroatoms. The number of nitrogens with zero attached hydrogens (tertiary/aromatic N) is 3. The molecule has 0 unspecified atom stereocenters. The number of rotatable bonds is 9. The molecular weight excluding hydrogens is 448 g/mol. The van der Waals surface area contributed by atoms with Crippen LogP contribution in [0.4, 0.5) is 33.6 Å². The maximum absolute atomic E-state index is 12.1. The zero-order chi connectivity index (χ0) is 25.3. The van der Waals surface area contributed by atoms with E-state index in [2.05, 4.69) is 32.0 Å². The van der Waals surface area contributed by atoms with Gasteiger partial charge in [-0.3, -0.25) is 5.32 Å². The summed E-state index contributed by atoms with van der Waals surface area (Å²) in [6.45, 7) is 6.35. The Morgan fingerprint density at radius 2 is 1.77 bits per heavy atom. The summed E-state index contributed by atoms with van der Waals surface area (Å²) in [7, 11) is 1.62. The van der Waals surface area contributed by atoms with Gasteiger partial charge in [0, 0.05) is 24.2 Å². The Morgan fingerprint density at radius 3 is 2.46 bits per heavy atom. The molecule has 0 radical (unpaired) electrons. The van der Waals surface area contributed by atoms with Crippen LogP contribution in [0.25, 0.3) is 0 Å². The summed E-state index contributed by atoms with van der Waals surface area (Å²) >= 11 is 0. The van der Waals surface area contributed by atoms with Gasteiger partial charge in [-0.25, -0.2) is 9.78 Å². The molecule has 182 valence electrons. The van der Waals surface area contributed by atoms with Gasteiger partial charge in [0.25, 0.3) is 0 Å². The summed E-state index contributed by atoms with van der Waals surface area (Å²) in [6.07, 6.45) is 0.874. The predicted molar refractivity (Wildman–Crippen MR) is 133 cm³/mol. The summed E-state index contributed by atoms with van der Waals surface area (Å²) in [5, 5.41) is 18.4. The summed E-state index contributed by atoms with van der Waals surface area (Å²) in [5.74, 6) is 1.34. The number of carbonyl (C=O) groups is 1. The normalized spacial score (nSPS) is 10.7. The molecule has 3 aromatic rings. The number of carbonyl (C=O) groups excluding carboxylic acids is 1. The molecule has 0 aliphatic carbocycles. The molecule has 2 aromatic carbocycles. The fraction of sp³-hybridized carbons (Fsp3) is 0.280. The molecule has 0 aliphatic rings. The number of ether oxygens (including phenoxy) is 3. The second-order valence-electron chi connectivity index (χ2n) is 8.39. The first-order valence-corrected chi connectivity index (χ1v) is 10.9. The van der Waals surface area contributed by atoms with E-state index >= 15 is 0 Å². The Balaban J connectivity index is 1.70. The van der Waals surface area contributed by atoms with Crippen molar-refractivity contribution >= 4 is 34.9 Å². The van der Waals surface area contributed by atoms with Crippen LogP contribution in [-0.2, 0) is 9.47 Å². The van der Waals surface area contributed by atoms with Crippen molar-refractivity contribution in [3.05, 3.63) is 60.3 Å². The molecule has 0 saturated carbocycles. The largest absolute Gasteiger partial charge is 0.491 e. The van der Waals surface area contributed by atoms with E-state index < -0.39 is 11.7 Å². The highest BCUT2D eigenvalue weighted by Gasteiger charge is 2.16. The predicted octanol–water partition coefficient (Wildman–Crippen LogP) is 5.21. The van der Waals surface area contributed by atoms with Crippen LogP contribution in [-0.4, -0.2) is 42.0 Å². The van der Waals surface area contributed by atoms with Gasteiger partial charge >= 0.3 is 6.09 Å². The monoisotopic (exact) mass is 476 g/mol. The molecule has 1 amide bonds. The van der Waals surface area contributed by atoms with E-state index in [0.29, 0.717) is 36.4 Å². The third-order valence-corrected chi connectivity index (χ3v) is 4.35. The quantitative estimate of drug-likeness (QED) is 0.356. The fourth-order valence-corrected chi connectivity index (χ4v) is 2.86. The van der Waals surface area contributed by atoms with Gasteiger partial charge in [-0.2, -0.15) is 10.2 Å². The average Bonchev–Trinajstić information content (AvgIpc) is 2.79. The molecule has 0 atom stereocenters. The van der Waals surface area contributed by atoms with Crippen LogP contribution >= 0.6 is 0 Å². The van der Waals surface area contributed by atoms with Gasteiger partial charge in [-0.05, 0) is 63.2 Å². The Labute approximate surface area is 204 Å². The number of methoxy groups -OCH3 is 1. The fourth-order valence-electron chi connectivity index (χ4n) is 2.86. The van der Waals surface area contributed by atoms with Crippen molar-refractivity contribution in [3.8, 4) is 11.8 Å². The first kappa shape index (κ1) is 25.3. The molecule has 1 aromatic heterocycles. The first-order valence-electron chi connectivity index (χ1n) is 10.9. The van der Waals surface area contributed by atoms with Gasteiger partial charge in [0.2, 0.25) is 5.95 Å². The second kappa shape index (κ2) is 11.7. The lowest BCUT2D eigenvalue weighted by Gasteiger charge is -2.19. The van der Waals surface area contributed by atoms with E-state index in [1.807, 2.05) is 24.3 Å². The van der Waals surface area contributed by atoms with Gasteiger partial charge in [0.05, 0.1) is 12.8 Å². The van der Waals surface area contributed by atoms with E-state index in [-0.39, 0.29) is 5.56 Å². The van der Waals surface area contributed by atoms with Crippen LogP contribution in [0.2, 0.25) is 0 Å². The SMILES string of the molecule is COCCOc1ccc(Nc2ncc(C#N)c(Nc3cccc(NC(=O)OC(C)(C)C)c3)n2)cc1.